The third-order valence-electron chi connectivity index (χ3n) is 5.06. The van der Waals surface area contributed by atoms with Crippen LogP contribution in [0.1, 0.15) is 28.0 Å². The summed E-state index contributed by atoms with van der Waals surface area (Å²) in [4.78, 5) is 26.0. The SMILES string of the molecule is COCCNC(=O)c1cn(CC2CC(F)(F)CN2C(=O)Cc2ccccc2C)nn1. The summed E-state index contributed by atoms with van der Waals surface area (Å²) in [7, 11) is 1.52. The van der Waals surface area contributed by atoms with Crippen molar-refractivity contribution >= 4 is 11.8 Å². The second-order valence-corrected chi connectivity index (χ2v) is 7.41. The zero-order valence-corrected chi connectivity index (χ0v) is 17.0. The van der Waals surface area contributed by atoms with E-state index in [1.165, 1.54) is 22.9 Å². The molecule has 30 heavy (non-hydrogen) atoms. The maximum Gasteiger partial charge on any atom is 0.273 e. The lowest BCUT2D eigenvalue weighted by atomic mass is 10.1. The summed E-state index contributed by atoms with van der Waals surface area (Å²) >= 11 is 0. The van der Waals surface area contributed by atoms with Crippen LogP contribution in [-0.4, -0.2) is 70.5 Å². The van der Waals surface area contributed by atoms with Gasteiger partial charge in [0.15, 0.2) is 5.69 Å². The Balaban J connectivity index is 1.67. The fourth-order valence-electron chi connectivity index (χ4n) is 3.49. The van der Waals surface area contributed by atoms with Crippen LogP contribution >= 0.6 is 0 Å². The largest absolute Gasteiger partial charge is 0.383 e. The molecule has 2 amide bonds. The Hall–Kier alpha value is -2.88. The van der Waals surface area contributed by atoms with E-state index in [-0.39, 0.29) is 24.6 Å². The normalized spacial score (nSPS) is 17.9. The van der Waals surface area contributed by atoms with Crippen LogP contribution < -0.4 is 5.32 Å². The number of alkyl halides is 2. The number of aromatic nitrogens is 3. The molecule has 10 heteroatoms. The van der Waals surface area contributed by atoms with Gasteiger partial charge in [-0.15, -0.1) is 5.10 Å². The predicted octanol–water partition coefficient (Wildman–Crippen LogP) is 1.44. The molecule has 0 radical (unpaired) electrons. The van der Waals surface area contributed by atoms with Gasteiger partial charge in [0, 0.05) is 20.1 Å². The molecule has 8 nitrogen and oxygen atoms in total. The van der Waals surface area contributed by atoms with E-state index in [9.17, 15) is 18.4 Å². The molecule has 1 aromatic carbocycles. The molecule has 1 aliphatic rings. The molecule has 1 N–H and O–H groups in total. The Morgan fingerprint density at radius 1 is 1.33 bits per heavy atom. The number of likely N-dealkylation sites (tertiary alicyclic amines) is 1. The van der Waals surface area contributed by atoms with Gasteiger partial charge >= 0.3 is 0 Å². The molecule has 1 unspecified atom stereocenters. The first kappa shape index (κ1) is 21.8. The molecule has 1 atom stereocenters. The van der Waals surface area contributed by atoms with Crippen LogP contribution in [0.15, 0.2) is 30.5 Å². The summed E-state index contributed by atoms with van der Waals surface area (Å²) in [5, 5.41) is 10.3. The van der Waals surface area contributed by atoms with E-state index >= 15 is 0 Å². The van der Waals surface area contributed by atoms with Gasteiger partial charge in [-0.2, -0.15) is 0 Å². The molecule has 1 aromatic heterocycles. The Kier molecular flexibility index (Phi) is 6.76. The second kappa shape index (κ2) is 9.29. The lowest BCUT2D eigenvalue weighted by Crippen LogP contribution is -2.39. The molecule has 2 heterocycles. The van der Waals surface area contributed by atoms with E-state index in [1.807, 2.05) is 31.2 Å². The summed E-state index contributed by atoms with van der Waals surface area (Å²) in [5.41, 5.74) is 1.83. The molecular formula is C20H25F2N5O3. The number of hydrogen-bond acceptors (Lipinski definition) is 5. The number of halogens is 2. The number of methoxy groups -OCH3 is 1. The number of nitrogens with one attached hydrogen (secondary N) is 1. The molecular weight excluding hydrogens is 396 g/mol. The van der Waals surface area contributed by atoms with E-state index in [0.29, 0.717) is 13.2 Å². The number of aryl methyl sites for hydroxylation is 1. The Bertz CT molecular complexity index is 902. The monoisotopic (exact) mass is 421 g/mol. The summed E-state index contributed by atoms with van der Waals surface area (Å²) in [6.45, 7) is 1.97. The standard InChI is InChI=1S/C20H25F2N5O3/c1-14-5-3-4-6-15(14)9-18(28)27-13-20(21,22)10-16(27)11-26-12-17(24-25-26)19(29)23-7-8-30-2/h3-6,12,16H,7-11,13H2,1-2H3,(H,23,29). The van der Waals surface area contributed by atoms with Crippen molar-refractivity contribution < 1.29 is 23.1 Å². The topological polar surface area (TPSA) is 89.4 Å². The highest BCUT2D eigenvalue weighted by Crippen LogP contribution is 2.33. The highest BCUT2D eigenvalue weighted by molar-refractivity contribution is 5.91. The van der Waals surface area contributed by atoms with Crippen molar-refractivity contribution in [3.63, 3.8) is 0 Å². The van der Waals surface area contributed by atoms with Crippen LogP contribution in [0.5, 0.6) is 0 Å². The van der Waals surface area contributed by atoms with Crippen molar-refractivity contribution in [2.45, 2.75) is 38.3 Å². The van der Waals surface area contributed by atoms with Gasteiger partial charge in [0.25, 0.3) is 11.8 Å². The second-order valence-electron chi connectivity index (χ2n) is 7.41. The molecule has 0 aliphatic carbocycles. The molecule has 1 fully saturated rings. The van der Waals surface area contributed by atoms with Gasteiger partial charge < -0.3 is 15.0 Å². The van der Waals surface area contributed by atoms with Gasteiger partial charge in [0.2, 0.25) is 5.91 Å². The maximum absolute atomic E-state index is 14.1. The third-order valence-corrected chi connectivity index (χ3v) is 5.06. The maximum atomic E-state index is 14.1. The lowest BCUT2D eigenvalue weighted by molar-refractivity contribution is -0.132. The number of ether oxygens (including phenoxy) is 1. The minimum absolute atomic E-state index is 0.0352. The van der Waals surface area contributed by atoms with Crippen LogP contribution in [0.3, 0.4) is 0 Å². The van der Waals surface area contributed by atoms with Crippen molar-refractivity contribution in [3.8, 4) is 0 Å². The van der Waals surface area contributed by atoms with Gasteiger partial charge in [-0.1, -0.05) is 29.5 Å². The van der Waals surface area contributed by atoms with Crippen molar-refractivity contribution in [1.82, 2.24) is 25.2 Å². The van der Waals surface area contributed by atoms with Crippen molar-refractivity contribution in [2.75, 3.05) is 26.8 Å². The smallest absolute Gasteiger partial charge is 0.273 e. The first-order valence-electron chi connectivity index (χ1n) is 9.68. The van der Waals surface area contributed by atoms with E-state index in [2.05, 4.69) is 15.6 Å². The molecule has 3 rings (SSSR count). The lowest BCUT2D eigenvalue weighted by Gasteiger charge is -2.24. The van der Waals surface area contributed by atoms with Crippen molar-refractivity contribution in [2.24, 2.45) is 0 Å². The molecule has 0 spiro atoms. The zero-order valence-electron chi connectivity index (χ0n) is 17.0. The van der Waals surface area contributed by atoms with E-state index in [1.54, 1.807) is 0 Å². The zero-order chi connectivity index (χ0) is 21.7. The molecule has 1 aliphatic heterocycles. The first-order chi connectivity index (χ1) is 14.3. The van der Waals surface area contributed by atoms with Gasteiger partial charge in [-0.3, -0.25) is 9.59 Å². The minimum atomic E-state index is -2.97. The average Bonchev–Trinajstić information content (AvgIpc) is 3.28. The Morgan fingerprint density at radius 2 is 2.10 bits per heavy atom. The number of carbonyl (C=O) groups excluding carboxylic acids is 2. The third kappa shape index (κ3) is 5.38. The van der Waals surface area contributed by atoms with Crippen molar-refractivity contribution in [3.05, 3.63) is 47.3 Å². The van der Waals surface area contributed by atoms with Gasteiger partial charge in [-0.05, 0) is 18.1 Å². The molecule has 1 saturated heterocycles. The van der Waals surface area contributed by atoms with E-state index < -0.39 is 30.8 Å². The van der Waals surface area contributed by atoms with E-state index in [4.69, 9.17) is 4.74 Å². The quantitative estimate of drug-likeness (QED) is 0.652. The predicted molar refractivity (Wildman–Crippen MR) is 104 cm³/mol. The number of carbonyl (C=O) groups is 2. The highest BCUT2D eigenvalue weighted by atomic mass is 19.3. The fraction of sp³-hybridized carbons (Fsp3) is 0.500. The molecule has 162 valence electrons. The molecule has 2 aromatic rings. The number of nitrogens with zero attached hydrogens (tertiary/aromatic N) is 4. The molecule has 0 bridgehead atoms. The number of amides is 2. The first-order valence-corrected chi connectivity index (χ1v) is 9.68. The van der Waals surface area contributed by atoms with Crippen LogP contribution in [-0.2, 0) is 22.5 Å². The number of hydrogen-bond donors (Lipinski definition) is 1. The van der Waals surface area contributed by atoms with Crippen LogP contribution in [0.4, 0.5) is 8.78 Å². The van der Waals surface area contributed by atoms with Gasteiger partial charge in [0.05, 0.1) is 38.4 Å². The average molecular weight is 421 g/mol. The minimum Gasteiger partial charge on any atom is -0.383 e. The highest BCUT2D eigenvalue weighted by Gasteiger charge is 2.47. The summed E-state index contributed by atoms with van der Waals surface area (Å²) in [5.74, 6) is -3.75. The van der Waals surface area contributed by atoms with Gasteiger partial charge in [0.1, 0.15) is 0 Å². The van der Waals surface area contributed by atoms with Crippen molar-refractivity contribution in [1.29, 1.82) is 0 Å². The van der Waals surface area contributed by atoms with Crippen LogP contribution in [0.2, 0.25) is 0 Å². The number of rotatable bonds is 8. The summed E-state index contributed by atoms with van der Waals surface area (Å²) < 4.78 is 34.4. The Morgan fingerprint density at radius 3 is 2.83 bits per heavy atom. The van der Waals surface area contributed by atoms with Crippen LogP contribution in [0.25, 0.3) is 0 Å². The Labute approximate surface area is 173 Å². The van der Waals surface area contributed by atoms with Gasteiger partial charge in [-0.25, -0.2) is 13.5 Å². The summed E-state index contributed by atoms with van der Waals surface area (Å²) in [6, 6.07) is 6.66. The number of benzene rings is 1. The molecule has 0 saturated carbocycles. The summed E-state index contributed by atoms with van der Waals surface area (Å²) in [6.07, 6.45) is 0.994. The van der Waals surface area contributed by atoms with E-state index in [0.717, 1.165) is 11.1 Å². The van der Waals surface area contributed by atoms with Crippen LogP contribution in [0, 0.1) is 6.92 Å². The fourth-order valence-corrected chi connectivity index (χ4v) is 3.49.